The molecule has 1 aliphatic rings. The quantitative estimate of drug-likeness (QED) is 0.884. The van der Waals surface area contributed by atoms with Crippen LogP contribution in [-0.4, -0.2) is 38.3 Å². The van der Waals surface area contributed by atoms with Crippen molar-refractivity contribution < 1.29 is 14.7 Å². The van der Waals surface area contributed by atoms with E-state index < -0.39 is 12.0 Å². The van der Waals surface area contributed by atoms with Crippen LogP contribution >= 0.6 is 11.5 Å². The van der Waals surface area contributed by atoms with Crippen LogP contribution in [0, 0.1) is 6.92 Å². The predicted molar refractivity (Wildman–Crippen MR) is 63.1 cm³/mol. The highest BCUT2D eigenvalue weighted by Crippen LogP contribution is 2.30. The van der Waals surface area contributed by atoms with Gasteiger partial charge in [-0.2, -0.15) is 4.37 Å². The summed E-state index contributed by atoms with van der Waals surface area (Å²) in [5.41, 5.74) is 1.19. The van der Waals surface area contributed by atoms with Gasteiger partial charge in [0.1, 0.15) is 6.04 Å². The molecule has 1 fully saturated rings. The summed E-state index contributed by atoms with van der Waals surface area (Å²) >= 11 is 1.22. The van der Waals surface area contributed by atoms with Crippen LogP contribution in [0.5, 0.6) is 0 Å². The van der Waals surface area contributed by atoms with Gasteiger partial charge in [0.25, 0.3) is 5.91 Å². The van der Waals surface area contributed by atoms with Crippen LogP contribution in [-0.2, 0) is 4.79 Å². The number of aliphatic carboxylic acids is 1. The Balaban J connectivity index is 2.25. The first-order chi connectivity index (χ1) is 8.02. The summed E-state index contributed by atoms with van der Waals surface area (Å²) < 4.78 is 4.05. The highest BCUT2D eigenvalue weighted by atomic mass is 32.1. The molecule has 1 aromatic heterocycles. The zero-order chi connectivity index (χ0) is 12.6. The average Bonchev–Trinajstić information content (AvgIpc) is 3.00. The lowest BCUT2D eigenvalue weighted by molar-refractivity contribution is -0.141. The lowest BCUT2D eigenvalue weighted by atomic mass is 10.2. The van der Waals surface area contributed by atoms with E-state index in [0.29, 0.717) is 11.3 Å². The SMILES string of the molecule is Cc1nscc1C(=O)N(C1CC1)C(C)C(=O)O. The fraction of sp³-hybridized carbons (Fsp3) is 0.545. The van der Waals surface area contributed by atoms with Crippen molar-refractivity contribution in [3.05, 3.63) is 16.6 Å². The normalized spacial score (nSPS) is 16.6. The third-order valence-corrected chi connectivity index (χ3v) is 3.65. The van der Waals surface area contributed by atoms with E-state index in [0.717, 1.165) is 12.8 Å². The van der Waals surface area contributed by atoms with Gasteiger partial charge in [0.05, 0.1) is 11.3 Å². The Hall–Kier alpha value is -1.43. The first kappa shape index (κ1) is 12.0. The molecule has 1 unspecified atom stereocenters. The minimum Gasteiger partial charge on any atom is -0.480 e. The summed E-state index contributed by atoms with van der Waals surface area (Å²) in [4.78, 5) is 24.8. The molecule has 0 aliphatic heterocycles. The molecule has 0 saturated heterocycles. The zero-order valence-corrected chi connectivity index (χ0v) is 10.5. The fourth-order valence-electron chi connectivity index (χ4n) is 1.77. The third-order valence-electron chi connectivity index (χ3n) is 2.93. The van der Waals surface area contributed by atoms with Crippen molar-refractivity contribution in [3.8, 4) is 0 Å². The molecule has 2 rings (SSSR count). The Morgan fingerprint density at radius 3 is 2.65 bits per heavy atom. The second-order valence-electron chi connectivity index (χ2n) is 4.27. The molecule has 0 bridgehead atoms. The molecule has 1 aliphatic carbocycles. The Labute approximate surface area is 103 Å². The van der Waals surface area contributed by atoms with E-state index in [2.05, 4.69) is 4.37 Å². The van der Waals surface area contributed by atoms with Gasteiger partial charge in [0.15, 0.2) is 0 Å². The molecule has 0 radical (unpaired) electrons. The molecule has 1 aromatic rings. The number of carbonyl (C=O) groups excluding carboxylic acids is 1. The highest BCUT2D eigenvalue weighted by Gasteiger charge is 2.39. The second-order valence-corrected chi connectivity index (χ2v) is 4.90. The number of amides is 1. The molecule has 0 aromatic carbocycles. The van der Waals surface area contributed by atoms with Gasteiger partial charge in [-0.15, -0.1) is 0 Å². The van der Waals surface area contributed by atoms with Gasteiger partial charge in [-0.25, -0.2) is 4.79 Å². The van der Waals surface area contributed by atoms with Crippen molar-refractivity contribution in [1.82, 2.24) is 9.27 Å². The summed E-state index contributed by atoms with van der Waals surface area (Å²) in [5.74, 6) is -1.18. The Kier molecular flexibility index (Phi) is 3.15. The first-order valence-corrected chi connectivity index (χ1v) is 6.32. The van der Waals surface area contributed by atoms with Crippen LogP contribution in [0.2, 0.25) is 0 Å². The lowest BCUT2D eigenvalue weighted by Gasteiger charge is -2.26. The number of nitrogens with zero attached hydrogens (tertiary/aromatic N) is 2. The molecule has 5 nitrogen and oxygen atoms in total. The first-order valence-electron chi connectivity index (χ1n) is 5.48. The van der Waals surface area contributed by atoms with Crippen LogP contribution in [0.3, 0.4) is 0 Å². The lowest BCUT2D eigenvalue weighted by Crippen LogP contribution is -2.44. The summed E-state index contributed by atoms with van der Waals surface area (Å²) in [6, 6.07) is -0.706. The average molecular weight is 254 g/mol. The van der Waals surface area contributed by atoms with Crippen molar-refractivity contribution in [1.29, 1.82) is 0 Å². The zero-order valence-electron chi connectivity index (χ0n) is 9.71. The molecule has 1 N–H and O–H groups in total. The molecular weight excluding hydrogens is 240 g/mol. The predicted octanol–water partition coefficient (Wildman–Crippen LogP) is 1.53. The van der Waals surface area contributed by atoms with E-state index >= 15 is 0 Å². The van der Waals surface area contributed by atoms with Crippen molar-refractivity contribution in [2.75, 3.05) is 0 Å². The van der Waals surface area contributed by atoms with Crippen molar-refractivity contribution in [2.24, 2.45) is 0 Å². The summed E-state index contributed by atoms with van der Waals surface area (Å²) in [6.45, 7) is 3.31. The summed E-state index contributed by atoms with van der Waals surface area (Å²) in [5, 5.41) is 10.7. The minimum atomic E-state index is -0.967. The van der Waals surface area contributed by atoms with E-state index in [1.165, 1.54) is 16.4 Å². The second kappa shape index (κ2) is 4.44. The van der Waals surface area contributed by atoms with Gasteiger partial charge in [0.2, 0.25) is 0 Å². The van der Waals surface area contributed by atoms with E-state index in [9.17, 15) is 9.59 Å². The van der Waals surface area contributed by atoms with Gasteiger partial charge < -0.3 is 10.0 Å². The number of aryl methyl sites for hydroxylation is 1. The maximum Gasteiger partial charge on any atom is 0.326 e. The van der Waals surface area contributed by atoms with E-state index in [4.69, 9.17) is 5.11 Å². The maximum atomic E-state index is 12.3. The van der Waals surface area contributed by atoms with Crippen LogP contribution in [0.25, 0.3) is 0 Å². The third kappa shape index (κ3) is 2.31. The van der Waals surface area contributed by atoms with E-state index in [1.807, 2.05) is 0 Å². The number of hydrogen-bond acceptors (Lipinski definition) is 4. The number of aromatic nitrogens is 1. The highest BCUT2D eigenvalue weighted by molar-refractivity contribution is 7.03. The van der Waals surface area contributed by atoms with Gasteiger partial charge in [-0.05, 0) is 38.2 Å². The van der Waals surface area contributed by atoms with Crippen LogP contribution < -0.4 is 0 Å². The molecule has 92 valence electrons. The topological polar surface area (TPSA) is 70.5 Å². The maximum absolute atomic E-state index is 12.3. The monoisotopic (exact) mass is 254 g/mol. The fourth-order valence-corrected chi connectivity index (χ4v) is 2.45. The van der Waals surface area contributed by atoms with E-state index in [1.54, 1.807) is 19.2 Å². The Morgan fingerprint density at radius 1 is 1.59 bits per heavy atom. The Bertz CT molecular complexity index is 453. The van der Waals surface area contributed by atoms with E-state index in [-0.39, 0.29) is 11.9 Å². The molecule has 1 saturated carbocycles. The van der Waals surface area contributed by atoms with Gasteiger partial charge in [0, 0.05) is 11.4 Å². The number of carboxylic acid groups (broad SMARTS) is 1. The standard InChI is InChI=1S/C11H14N2O3S/c1-6-9(5-17-12-6)10(14)13(8-3-4-8)7(2)11(15)16/h5,7-8H,3-4H2,1-2H3,(H,15,16). The molecular formula is C11H14N2O3S. The molecule has 6 heteroatoms. The van der Waals surface area contributed by atoms with Crippen LogP contribution in [0.4, 0.5) is 0 Å². The number of hydrogen-bond donors (Lipinski definition) is 1. The van der Waals surface area contributed by atoms with Gasteiger partial charge >= 0.3 is 5.97 Å². The molecule has 1 heterocycles. The van der Waals surface area contributed by atoms with Crippen LogP contribution in [0.1, 0.15) is 35.8 Å². The number of carboxylic acids is 1. The van der Waals surface area contributed by atoms with Crippen molar-refractivity contribution in [2.45, 2.75) is 38.8 Å². The van der Waals surface area contributed by atoms with Crippen molar-refractivity contribution in [3.63, 3.8) is 0 Å². The minimum absolute atomic E-state index is 0.0768. The largest absolute Gasteiger partial charge is 0.480 e. The van der Waals surface area contributed by atoms with Crippen LogP contribution in [0.15, 0.2) is 5.38 Å². The summed E-state index contributed by atoms with van der Waals surface area (Å²) in [7, 11) is 0. The Morgan fingerprint density at radius 2 is 2.24 bits per heavy atom. The van der Waals surface area contributed by atoms with Gasteiger partial charge in [-0.3, -0.25) is 4.79 Å². The molecule has 1 atom stereocenters. The molecule has 1 amide bonds. The molecule has 0 spiro atoms. The van der Waals surface area contributed by atoms with Crippen molar-refractivity contribution >= 4 is 23.4 Å². The smallest absolute Gasteiger partial charge is 0.326 e. The molecule has 17 heavy (non-hydrogen) atoms. The number of carbonyl (C=O) groups is 2. The van der Waals surface area contributed by atoms with Gasteiger partial charge in [-0.1, -0.05) is 0 Å². The summed E-state index contributed by atoms with van der Waals surface area (Å²) in [6.07, 6.45) is 1.78. The number of rotatable bonds is 4.